The molecule has 0 fully saturated rings. The van der Waals surface area contributed by atoms with E-state index in [9.17, 15) is 0 Å². The van der Waals surface area contributed by atoms with Gasteiger partial charge in [-0.2, -0.15) is 0 Å². The highest BCUT2D eigenvalue weighted by Gasteiger charge is 2.48. The monoisotopic (exact) mass is 668 g/mol. The van der Waals surface area contributed by atoms with Crippen LogP contribution in [0.5, 0.6) is 0 Å². The maximum Gasteiger partial charge on any atom is 0.0717 e. The van der Waals surface area contributed by atoms with E-state index in [2.05, 4.69) is 172 Å². The van der Waals surface area contributed by atoms with E-state index in [0.29, 0.717) is 5.92 Å². The minimum absolute atomic E-state index is 0.204. The predicted molar refractivity (Wildman–Crippen MR) is 216 cm³/mol. The van der Waals surface area contributed by atoms with Crippen molar-refractivity contribution in [3.05, 3.63) is 209 Å². The zero-order valence-corrected chi connectivity index (χ0v) is 29.6. The van der Waals surface area contributed by atoms with Gasteiger partial charge in [-0.15, -0.1) is 0 Å². The normalized spacial score (nSPS) is 24.7. The molecule has 10 rings (SSSR count). The van der Waals surface area contributed by atoms with Crippen molar-refractivity contribution in [2.75, 3.05) is 0 Å². The average Bonchev–Trinajstić information content (AvgIpc) is 3.20. The van der Waals surface area contributed by atoms with E-state index >= 15 is 0 Å². The molecule has 4 aliphatic carbocycles. The van der Waals surface area contributed by atoms with Gasteiger partial charge in [0.05, 0.1) is 11.2 Å². The lowest BCUT2D eigenvalue weighted by Crippen LogP contribution is -2.42. The van der Waals surface area contributed by atoms with Gasteiger partial charge < -0.3 is 0 Å². The first-order chi connectivity index (χ1) is 25.5. The van der Waals surface area contributed by atoms with Crippen molar-refractivity contribution in [3.8, 4) is 11.3 Å². The Morgan fingerprint density at radius 2 is 1.48 bits per heavy atom. The molecule has 0 saturated heterocycles. The molecule has 0 spiro atoms. The van der Waals surface area contributed by atoms with Gasteiger partial charge in [0.25, 0.3) is 0 Å². The molecular formula is C50H40N2. The van der Waals surface area contributed by atoms with Crippen molar-refractivity contribution >= 4 is 27.2 Å². The van der Waals surface area contributed by atoms with Crippen LogP contribution in [-0.4, -0.2) is 9.97 Å². The smallest absolute Gasteiger partial charge is 0.0717 e. The Morgan fingerprint density at radius 1 is 0.673 bits per heavy atom. The van der Waals surface area contributed by atoms with Gasteiger partial charge in [0, 0.05) is 46.0 Å². The number of hydrogen-bond acceptors (Lipinski definition) is 2. The minimum atomic E-state index is -0.244. The van der Waals surface area contributed by atoms with E-state index < -0.39 is 0 Å². The maximum atomic E-state index is 5.05. The standard InChI is InChI=1S/C50H40N2/c1-49(41-23-24-47(52-32-41)39-28-37-15-7-10-18-46(37)51-31-39)26-25-45-43(30-49)48(38-20-19-33-11-3-5-13-35(33)27-38)42-16-8-9-17-44(42)50(45,2)40-22-21-34-12-4-6-14-36(34)29-40/h3-26,28-29,31-32,35,45H,27,30H2,1-2H3. The molecule has 0 amide bonds. The summed E-state index contributed by atoms with van der Waals surface area (Å²) >= 11 is 0. The summed E-state index contributed by atoms with van der Waals surface area (Å²) in [6, 6.07) is 40.0. The number of benzene rings is 4. The Hall–Kier alpha value is -5.86. The molecule has 0 radical (unpaired) electrons. The average molecular weight is 669 g/mol. The molecule has 0 aliphatic heterocycles. The lowest BCUT2D eigenvalue weighted by molar-refractivity contribution is 0.404. The molecule has 2 heterocycles. The van der Waals surface area contributed by atoms with Crippen LogP contribution in [0.2, 0.25) is 0 Å². The first-order valence-electron chi connectivity index (χ1n) is 18.6. The van der Waals surface area contributed by atoms with Crippen molar-refractivity contribution in [1.29, 1.82) is 0 Å². The van der Waals surface area contributed by atoms with E-state index in [1.54, 1.807) is 0 Å². The van der Waals surface area contributed by atoms with Gasteiger partial charge in [-0.1, -0.05) is 159 Å². The van der Waals surface area contributed by atoms with Crippen molar-refractivity contribution in [2.45, 2.75) is 37.5 Å². The fourth-order valence-corrected chi connectivity index (χ4v) is 9.46. The lowest BCUT2D eigenvalue weighted by Gasteiger charge is -2.49. The summed E-state index contributed by atoms with van der Waals surface area (Å²) in [6.45, 7) is 4.88. The highest BCUT2D eigenvalue weighted by atomic mass is 14.7. The number of hydrogen-bond donors (Lipinski definition) is 0. The van der Waals surface area contributed by atoms with E-state index in [1.165, 1.54) is 55.3 Å². The molecule has 250 valence electrons. The van der Waals surface area contributed by atoms with Crippen LogP contribution in [0.3, 0.4) is 0 Å². The Kier molecular flexibility index (Phi) is 7.05. The quantitative estimate of drug-likeness (QED) is 0.175. The Morgan fingerprint density at radius 3 is 2.37 bits per heavy atom. The molecule has 52 heavy (non-hydrogen) atoms. The zero-order chi connectivity index (χ0) is 34.9. The summed E-state index contributed by atoms with van der Waals surface area (Å²) in [5, 5.41) is 3.70. The molecule has 0 N–H and O–H groups in total. The second kappa shape index (κ2) is 11.9. The third kappa shape index (κ3) is 4.85. The maximum absolute atomic E-state index is 5.05. The summed E-state index contributed by atoms with van der Waals surface area (Å²) in [5.41, 5.74) is 13.7. The van der Waals surface area contributed by atoms with Gasteiger partial charge in [-0.05, 0) is 80.8 Å². The van der Waals surface area contributed by atoms with Crippen molar-refractivity contribution in [2.24, 2.45) is 11.8 Å². The Labute approximate surface area is 306 Å². The molecule has 4 aliphatic rings. The number of allylic oxidation sites excluding steroid dienone is 12. The van der Waals surface area contributed by atoms with Crippen LogP contribution in [0.1, 0.15) is 48.9 Å². The number of para-hydroxylation sites is 1. The fourth-order valence-electron chi connectivity index (χ4n) is 9.46. The molecule has 4 unspecified atom stereocenters. The fraction of sp³-hybridized carbons (Fsp3) is 0.160. The van der Waals surface area contributed by atoms with Gasteiger partial charge in [-0.3, -0.25) is 9.97 Å². The van der Waals surface area contributed by atoms with Gasteiger partial charge in [0.15, 0.2) is 0 Å². The van der Waals surface area contributed by atoms with Crippen LogP contribution >= 0.6 is 0 Å². The lowest BCUT2D eigenvalue weighted by atomic mass is 9.53. The van der Waals surface area contributed by atoms with E-state index in [0.717, 1.165) is 35.0 Å². The first kappa shape index (κ1) is 30.9. The van der Waals surface area contributed by atoms with Gasteiger partial charge in [0.2, 0.25) is 0 Å². The van der Waals surface area contributed by atoms with Crippen LogP contribution in [0.15, 0.2) is 187 Å². The van der Waals surface area contributed by atoms with Gasteiger partial charge in [-0.25, -0.2) is 0 Å². The molecule has 2 nitrogen and oxygen atoms in total. The summed E-state index contributed by atoms with van der Waals surface area (Å²) in [7, 11) is 0. The van der Waals surface area contributed by atoms with Crippen LogP contribution < -0.4 is 0 Å². The molecule has 0 saturated carbocycles. The molecule has 2 aromatic heterocycles. The van der Waals surface area contributed by atoms with Crippen molar-refractivity contribution in [1.82, 2.24) is 9.97 Å². The summed E-state index contributed by atoms with van der Waals surface area (Å²) < 4.78 is 0. The van der Waals surface area contributed by atoms with E-state index in [-0.39, 0.29) is 16.7 Å². The zero-order valence-electron chi connectivity index (χ0n) is 29.6. The Bertz CT molecular complexity index is 2610. The largest absolute Gasteiger partial charge is 0.256 e. The molecule has 0 bridgehead atoms. The first-order valence-corrected chi connectivity index (χ1v) is 18.6. The van der Waals surface area contributed by atoms with Gasteiger partial charge >= 0.3 is 0 Å². The molecule has 2 heteroatoms. The number of aromatic nitrogens is 2. The van der Waals surface area contributed by atoms with Crippen molar-refractivity contribution in [3.63, 3.8) is 0 Å². The topological polar surface area (TPSA) is 25.8 Å². The van der Waals surface area contributed by atoms with Crippen LogP contribution in [0, 0.1) is 11.8 Å². The third-order valence-corrected chi connectivity index (χ3v) is 12.4. The van der Waals surface area contributed by atoms with E-state index in [4.69, 9.17) is 9.97 Å². The number of rotatable bonds is 4. The molecule has 4 aromatic carbocycles. The highest BCUT2D eigenvalue weighted by molar-refractivity contribution is 5.90. The predicted octanol–water partition coefficient (Wildman–Crippen LogP) is 12.1. The van der Waals surface area contributed by atoms with Gasteiger partial charge in [0.1, 0.15) is 0 Å². The minimum Gasteiger partial charge on any atom is -0.256 e. The summed E-state index contributed by atoms with van der Waals surface area (Å²) in [6.07, 6.45) is 24.8. The van der Waals surface area contributed by atoms with Crippen LogP contribution in [0.4, 0.5) is 0 Å². The Balaban J connectivity index is 1.13. The number of nitrogens with zero attached hydrogens (tertiary/aromatic N) is 2. The number of fused-ring (bicyclic) bond motifs is 5. The summed E-state index contributed by atoms with van der Waals surface area (Å²) in [4.78, 5) is 9.76. The second-order valence-corrected chi connectivity index (χ2v) is 15.4. The summed E-state index contributed by atoms with van der Waals surface area (Å²) in [5.74, 6) is 0.611. The molecule has 4 atom stereocenters. The second-order valence-electron chi connectivity index (χ2n) is 15.4. The third-order valence-electron chi connectivity index (χ3n) is 12.4. The molecular weight excluding hydrogens is 629 g/mol. The van der Waals surface area contributed by atoms with Crippen molar-refractivity contribution < 1.29 is 0 Å². The molecule has 6 aromatic rings. The van der Waals surface area contributed by atoms with Crippen LogP contribution in [0.25, 0.3) is 38.5 Å². The van der Waals surface area contributed by atoms with Crippen LogP contribution in [-0.2, 0) is 10.8 Å². The SMILES string of the molecule is CC1(c2ccc(-c3cnc4ccccc4c3)nc2)C=CC2C(=C(C3=CC=C4C=CC=CC4C3)c3ccccc3C2(C)c2ccc3ccccc3c2)C1. The number of pyridine rings is 2. The highest BCUT2D eigenvalue weighted by Crippen LogP contribution is 2.58. The van der Waals surface area contributed by atoms with E-state index in [1.807, 2.05) is 12.3 Å².